The lowest BCUT2D eigenvalue weighted by Crippen LogP contribution is -2.54. The van der Waals surface area contributed by atoms with Gasteiger partial charge in [0.15, 0.2) is 0 Å². The molecule has 1 saturated heterocycles. The predicted molar refractivity (Wildman–Crippen MR) is 86.3 cm³/mol. The summed E-state index contributed by atoms with van der Waals surface area (Å²) in [6.07, 6.45) is 10.2. The molecule has 2 fully saturated rings. The van der Waals surface area contributed by atoms with Crippen molar-refractivity contribution in [1.82, 2.24) is 20.0 Å². The molecule has 2 heterocycles. The van der Waals surface area contributed by atoms with E-state index in [-0.39, 0.29) is 0 Å². The Balaban J connectivity index is 1.60. The fourth-order valence-corrected chi connectivity index (χ4v) is 3.71. The van der Waals surface area contributed by atoms with Crippen LogP contribution in [0.1, 0.15) is 64.1 Å². The van der Waals surface area contributed by atoms with Gasteiger partial charge in [0.05, 0.1) is 11.7 Å². The molecule has 2 atom stereocenters. The number of nitrogens with zero attached hydrogens (tertiary/aromatic N) is 3. The van der Waals surface area contributed by atoms with E-state index in [4.69, 9.17) is 5.10 Å². The van der Waals surface area contributed by atoms with Crippen molar-refractivity contribution in [2.24, 2.45) is 0 Å². The zero-order chi connectivity index (χ0) is 14.7. The summed E-state index contributed by atoms with van der Waals surface area (Å²) in [6, 6.07) is 4.12. The van der Waals surface area contributed by atoms with Crippen molar-refractivity contribution in [1.29, 1.82) is 0 Å². The molecule has 1 N–H and O–H groups in total. The number of aromatic nitrogens is 2. The maximum atomic E-state index is 4.87. The van der Waals surface area contributed by atoms with Crippen LogP contribution in [0.2, 0.25) is 0 Å². The quantitative estimate of drug-likeness (QED) is 0.925. The van der Waals surface area contributed by atoms with Crippen LogP contribution in [0.5, 0.6) is 0 Å². The average molecular weight is 290 g/mol. The van der Waals surface area contributed by atoms with Gasteiger partial charge in [0.2, 0.25) is 0 Å². The van der Waals surface area contributed by atoms with Gasteiger partial charge in [-0.05, 0) is 32.3 Å². The highest BCUT2D eigenvalue weighted by atomic mass is 15.3. The zero-order valence-electron chi connectivity index (χ0n) is 13.6. The van der Waals surface area contributed by atoms with Crippen LogP contribution in [0.25, 0.3) is 0 Å². The van der Waals surface area contributed by atoms with Crippen molar-refractivity contribution < 1.29 is 0 Å². The summed E-state index contributed by atoms with van der Waals surface area (Å²) >= 11 is 0. The second kappa shape index (κ2) is 6.93. The highest BCUT2D eigenvalue weighted by molar-refractivity contribution is 5.01. The van der Waals surface area contributed by atoms with E-state index >= 15 is 0 Å². The summed E-state index contributed by atoms with van der Waals surface area (Å²) < 4.78 is 2.23. The number of nitrogens with one attached hydrogen (secondary N) is 1. The van der Waals surface area contributed by atoms with Crippen LogP contribution in [0.15, 0.2) is 12.3 Å². The Hall–Kier alpha value is -0.870. The van der Waals surface area contributed by atoms with Gasteiger partial charge in [-0.2, -0.15) is 5.10 Å². The van der Waals surface area contributed by atoms with Gasteiger partial charge in [-0.1, -0.05) is 26.2 Å². The zero-order valence-corrected chi connectivity index (χ0v) is 13.6. The van der Waals surface area contributed by atoms with E-state index in [1.54, 1.807) is 0 Å². The van der Waals surface area contributed by atoms with Crippen molar-refractivity contribution >= 4 is 0 Å². The smallest absolute Gasteiger partial charge is 0.0765 e. The molecule has 0 bridgehead atoms. The van der Waals surface area contributed by atoms with E-state index in [0.717, 1.165) is 19.6 Å². The predicted octanol–water partition coefficient (Wildman–Crippen LogP) is 2.96. The van der Waals surface area contributed by atoms with Gasteiger partial charge in [0, 0.05) is 37.9 Å². The lowest BCUT2D eigenvalue weighted by molar-refractivity contribution is 0.129. The molecule has 21 heavy (non-hydrogen) atoms. The van der Waals surface area contributed by atoms with Crippen LogP contribution in [-0.2, 0) is 6.54 Å². The van der Waals surface area contributed by atoms with Gasteiger partial charge < -0.3 is 5.32 Å². The third-order valence-corrected chi connectivity index (χ3v) is 5.25. The van der Waals surface area contributed by atoms with E-state index in [9.17, 15) is 0 Å². The Labute approximate surface area is 128 Å². The lowest BCUT2D eigenvalue weighted by atomic mass is 9.96. The Morgan fingerprint density at radius 2 is 2.10 bits per heavy atom. The number of piperazine rings is 1. The summed E-state index contributed by atoms with van der Waals surface area (Å²) in [6.45, 7) is 7.83. The van der Waals surface area contributed by atoms with E-state index in [1.807, 2.05) is 0 Å². The van der Waals surface area contributed by atoms with Gasteiger partial charge in [0.1, 0.15) is 0 Å². The summed E-state index contributed by atoms with van der Waals surface area (Å²) in [5.74, 6) is 0. The fourth-order valence-electron chi connectivity index (χ4n) is 3.71. The molecular weight excluding hydrogens is 260 g/mol. The molecule has 4 nitrogen and oxygen atoms in total. The first-order valence-corrected chi connectivity index (χ1v) is 8.77. The molecule has 1 aliphatic carbocycles. The minimum absolute atomic E-state index is 0.604. The van der Waals surface area contributed by atoms with Crippen molar-refractivity contribution in [2.75, 3.05) is 13.1 Å². The van der Waals surface area contributed by atoms with Crippen molar-refractivity contribution in [2.45, 2.75) is 77.0 Å². The maximum Gasteiger partial charge on any atom is 0.0765 e. The van der Waals surface area contributed by atoms with Crippen LogP contribution in [0.4, 0.5) is 0 Å². The Morgan fingerprint density at radius 1 is 1.29 bits per heavy atom. The highest BCUT2D eigenvalue weighted by Crippen LogP contribution is 2.27. The molecule has 0 radical (unpaired) electrons. The summed E-state index contributed by atoms with van der Waals surface area (Å²) in [4.78, 5) is 2.58. The van der Waals surface area contributed by atoms with E-state index in [2.05, 4.69) is 41.0 Å². The SMILES string of the molecule is CCC1CN(Cc2ccn(C3CCCCC3)n2)C(C)CN1. The minimum atomic E-state index is 0.604. The molecule has 2 unspecified atom stereocenters. The maximum absolute atomic E-state index is 4.87. The lowest BCUT2D eigenvalue weighted by Gasteiger charge is -2.38. The minimum Gasteiger partial charge on any atom is -0.311 e. The third-order valence-electron chi connectivity index (χ3n) is 5.25. The molecule has 1 aromatic rings. The molecule has 1 aromatic heterocycles. The molecule has 0 amide bonds. The Bertz CT molecular complexity index is 436. The normalized spacial score (nSPS) is 28.9. The van der Waals surface area contributed by atoms with Crippen LogP contribution in [0, 0.1) is 0 Å². The van der Waals surface area contributed by atoms with Gasteiger partial charge in [0.25, 0.3) is 0 Å². The molecule has 1 aliphatic heterocycles. The Morgan fingerprint density at radius 3 is 2.86 bits per heavy atom. The second-order valence-corrected chi connectivity index (χ2v) is 6.87. The molecule has 0 spiro atoms. The first-order chi connectivity index (χ1) is 10.3. The average Bonchev–Trinajstić information content (AvgIpc) is 2.99. The van der Waals surface area contributed by atoms with Gasteiger partial charge in [-0.25, -0.2) is 0 Å². The van der Waals surface area contributed by atoms with E-state index < -0.39 is 0 Å². The van der Waals surface area contributed by atoms with E-state index in [1.165, 1.54) is 44.2 Å². The number of hydrogen-bond donors (Lipinski definition) is 1. The van der Waals surface area contributed by atoms with E-state index in [0.29, 0.717) is 18.1 Å². The standard InChI is InChI=1S/C17H30N4/c1-3-15-12-20(14(2)11-18-15)13-16-9-10-21(19-16)17-7-5-4-6-8-17/h9-10,14-15,17-18H,3-8,11-13H2,1-2H3. The fraction of sp³-hybridized carbons (Fsp3) is 0.824. The molecule has 0 aromatic carbocycles. The van der Waals surface area contributed by atoms with Crippen LogP contribution in [0.3, 0.4) is 0 Å². The monoisotopic (exact) mass is 290 g/mol. The molecule has 4 heteroatoms. The first kappa shape index (κ1) is 15.0. The first-order valence-electron chi connectivity index (χ1n) is 8.77. The van der Waals surface area contributed by atoms with Gasteiger partial charge in [-0.15, -0.1) is 0 Å². The highest BCUT2D eigenvalue weighted by Gasteiger charge is 2.24. The van der Waals surface area contributed by atoms with Crippen molar-refractivity contribution in [3.8, 4) is 0 Å². The topological polar surface area (TPSA) is 33.1 Å². The third kappa shape index (κ3) is 3.67. The van der Waals surface area contributed by atoms with Crippen LogP contribution < -0.4 is 5.32 Å². The molecule has 118 valence electrons. The molecule has 2 aliphatic rings. The van der Waals surface area contributed by atoms with Crippen molar-refractivity contribution in [3.63, 3.8) is 0 Å². The summed E-state index contributed by atoms with van der Waals surface area (Å²) in [5, 5.41) is 8.49. The number of hydrogen-bond acceptors (Lipinski definition) is 3. The molecule has 1 saturated carbocycles. The van der Waals surface area contributed by atoms with Crippen molar-refractivity contribution in [3.05, 3.63) is 18.0 Å². The molecular formula is C17H30N4. The Kier molecular flexibility index (Phi) is 4.96. The second-order valence-electron chi connectivity index (χ2n) is 6.87. The van der Waals surface area contributed by atoms with Crippen LogP contribution in [-0.4, -0.2) is 39.9 Å². The molecule has 3 rings (SSSR count). The summed E-state index contributed by atoms with van der Waals surface area (Å²) in [7, 11) is 0. The van der Waals surface area contributed by atoms with Gasteiger partial charge >= 0.3 is 0 Å². The van der Waals surface area contributed by atoms with Crippen LogP contribution >= 0.6 is 0 Å². The largest absolute Gasteiger partial charge is 0.311 e. The summed E-state index contributed by atoms with van der Waals surface area (Å²) in [5.41, 5.74) is 1.24. The number of rotatable bonds is 4. The van der Waals surface area contributed by atoms with Gasteiger partial charge in [-0.3, -0.25) is 9.58 Å².